The zero-order valence-electron chi connectivity index (χ0n) is 36.3. The number of rotatable bonds is 5. The normalized spacial score (nSPS) is 15.7. The SMILES string of the molecule is CC1CC(C)(C)c2ccc(-c3ccc(-n4c5ccccc5c5c6c7ccccc7n(-c7nc(-c8ccccc8)nc(-c8cccc9ccccc89)n7)c6ccc54)cc3)cc2C1(C)C. The monoisotopic (exact) mass is 813 g/mol. The van der Waals surface area contributed by atoms with E-state index in [4.69, 9.17) is 15.0 Å². The molecule has 1 unspecified atom stereocenters. The van der Waals surface area contributed by atoms with Gasteiger partial charge in [-0.2, -0.15) is 9.97 Å². The van der Waals surface area contributed by atoms with E-state index < -0.39 is 0 Å². The smallest absolute Gasteiger partial charge is 0.238 e. The van der Waals surface area contributed by atoms with E-state index in [2.05, 4.69) is 201 Å². The van der Waals surface area contributed by atoms with Crippen LogP contribution in [0.5, 0.6) is 0 Å². The second-order valence-electron chi connectivity index (χ2n) is 18.8. The molecule has 12 rings (SSSR count). The number of aromatic nitrogens is 5. The van der Waals surface area contributed by atoms with E-state index >= 15 is 0 Å². The molecular weight excluding hydrogens is 767 g/mol. The van der Waals surface area contributed by atoms with Crippen molar-refractivity contribution in [2.24, 2.45) is 5.92 Å². The fourth-order valence-corrected chi connectivity index (χ4v) is 10.8. The van der Waals surface area contributed by atoms with E-state index in [1.807, 2.05) is 18.2 Å². The Morgan fingerprint density at radius 3 is 1.78 bits per heavy atom. The van der Waals surface area contributed by atoms with Crippen LogP contribution in [0.1, 0.15) is 52.2 Å². The molecule has 304 valence electrons. The summed E-state index contributed by atoms with van der Waals surface area (Å²) in [5.74, 6) is 2.46. The topological polar surface area (TPSA) is 48.5 Å². The molecule has 5 heteroatoms. The fraction of sp³-hybridized carbons (Fsp3) is 0.155. The molecule has 8 aromatic carbocycles. The Morgan fingerprint density at radius 2 is 1.05 bits per heavy atom. The van der Waals surface area contributed by atoms with Crippen LogP contribution < -0.4 is 0 Å². The van der Waals surface area contributed by atoms with Gasteiger partial charge in [0.25, 0.3) is 0 Å². The molecule has 1 atom stereocenters. The van der Waals surface area contributed by atoms with Gasteiger partial charge in [-0.1, -0.05) is 174 Å². The molecule has 1 aliphatic rings. The van der Waals surface area contributed by atoms with Crippen LogP contribution in [0.4, 0.5) is 0 Å². The fourth-order valence-electron chi connectivity index (χ4n) is 10.8. The maximum atomic E-state index is 5.33. The van der Waals surface area contributed by atoms with Crippen molar-refractivity contribution in [3.63, 3.8) is 0 Å². The van der Waals surface area contributed by atoms with Crippen LogP contribution in [0.2, 0.25) is 0 Å². The van der Waals surface area contributed by atoms with Gasteiger partial charge >= 0.3 is 0 Å². The highest BCUT2D eigenvalue weighted by Crippen LogP contribution is 2.50. The van der Waals surface area contributed by atoms with Crippen LogP contribution >= 0.6 is 0 Å². The summed E-state index contributed by atoms with van der Waals surface area (Å²) in [6.07, 6.45) is 1.20. The van der Waals surface area contributed by atoms with Gasteiger partial charge in [-0.05, 0) is 92.6 Å². The first-order valence-electron chi connectivity index (χ1n) is 22.2. The number of nitrogens with zero attached hydrogens (tertiary/aromatic N) is 5. The molecule has 0 amide bonds. The Balaban J connectivity index is 1.05. The van der Waals surface area contributed by atoms with E-state index in [1.54, 1.807) is 0 Å². The van der Waals surface area contributed by atoms with Gasteiger partial charge in [0.1, 0.15) is 0 Å². The molecule has 63 heavy (non-hydrogen) atoms. The Labute approximate surface area is 367 Å². The lowest BCUT2D eigenvalue weighted by molar-refractivity contribution is 0.233. The molecule has 5 nitrogen and oxygen atoms in total. The molecule has 0 aliphatic heterocycles. The van der Waals surface area contributed by atoms with Gasteiger partial charge in [0.15, 0.2) is 11.6 Å². The highest BCUT2D eigenvalue weighted by Gasteiger charge is 2.42. The summed E-state index contributed by atoms with van der Waals surface area (Å²) in [5.41, 5.74) is 13.2. The average Bonchev–Trinajstić information content (AvgIpc) is 3.84. The first-order chi connectivity index (χ1) is 30.7. The highest BCUT2D eigenvalue weighted by molar-refractivity contribution is 6.28. The number of hydrogen-bond donors (Lipinski definition) is 0. The lowest BCUT2D eigenvalue weighted by atomic mass is 9.58. The van der Waals surface area contributed by atoms with Crippen molar-refractivity contribution in [1.82, 2.24) is 24.1 Å². The minimum atomic E-state index is 0.116. The molecule has 0 bridgehead atoms. The molecule has 11 aromatic rings. The van der Waals surface area contributed by atoms with Crippen molar-refractivity contribution >= 4 is 54.4 Å². The van der Waals surface area contributed by atoms with Crippen LogP contribution in [-0.2, 0) is 10.8 Å². The zero-order chi connectivity index (χ0) is 42.6. The lowest BCUT2D eigenvalue weighted by Crippen LogP contribution is -2.40. The van der Waals surface area contributed by atoms with E-state index in [0.29, 0.717) is 23.5 Å². The predicted molar refractivity (Wildman–Crippen MR) is 262 cm³/mol. The quantitative estimate of drug-likeness (QED) is 0.174. The standard InChI is InChI=1S/C58H47N5/c1-36-35-57(2,3)46-31-28-40(34-47(46)58(36,4)5)37-26-29-41(30-27-37)62-48-24-13-11-21-44(48)52-50(62)32-33-51-53(52)45-22-12-14-25-49(45)63(51)56-60-54(39-17-7-6-8-18-39)59-55(61-56)43-23-15-19-38-16-9-10-20-42(38)43/h6-34,36H,35H2,1-5H3. The first-order valence-corrected chi connectivity index (χ1v) is 22.2. The molecule has 3 aromatic heterocycles. The van der Waals surface area contributed by atoms with E-state index in [0.717, 1.165) is 49.5 Å². The van der Waals surface area contributed by atoms with Crippen molar-refractivity contribution in [2.75, 3.05) is 0 Å². The van der Waals surface area contributed by atoms with Gasteiger partial charge in [-0.15, -0.1) is 0 Å². The van der Waals surface area contributed by atoms with Gasteiger partial charge in [-0.3, -0.25) is 4.57 Å². The summed E-state index contributed by atoms with van der Waals surface area (Å²) in [5, 5.41) is 6.99. The minimum absolute atomic E-state index is 0.116. The predicted octanol–water partition coefficient (Wildman–Crippen LogP) is 14.8. The van der Waals surface area contributed by atoms with Gasteiger partial charge in [-0.25, -0.2) is 4.98 Å². The molecule has 0 radical (unpaired) electrons. The molecule has 0 spiro atoms. The third-order valence-electron chi connectivity index (χ3n) is 14.3. The largest absolute Gasteiger partial charge is 0.309 e. The number of hydrogen-bond acceptors (Lipinski definition) is 3. The summed E-state index contributed by atoms with van der Waals surface area (Å²) in [4.78, 5) is 15.7. The van der Waals surface area contributed by atoms with Gasteiger partial charge in [0, 0.05) is 38.4 Å². The second kappa shape index (κ2) is 13.8. The second-order valence-corrected chi connectivity index (χ2v) is 18.8. The third-order valence-corrected chi connectivity index (χ3v) is 14.3. The molecule has 0 saturated carbocycles. The molecule has 0 fully saturated rings. The van der Waals surface area contributed by atoms with Gasteiger partial charge in [0.05, 0.1) is 22.1 Å². The number of benzene rings is 8. The van der Waals surface area contributed by atoms with Crippen molar-refractivity contribution < 1.29 is 0 Å². The molecular formula is C58H47N5. The highest BCUT2D eigenvalue weighted by atomic mass is 15.2. The number of fused-ring (bicyclic) bond motifs is 9. The van der Waals surface area contributed by atoms with E-state index in [9.17, 15) is 0 Å². The van der Waals surface area contributed by atoms with Crippen LogP contribution in [-0.4, -0.2) is 24.1 Å². The number of para-hydroxylation sites is 2. The van der Waals surface area contributed by atoms with Crippen molar-refractivity contribution in [1.29, 1.82) is 0 Å². The summed E-state index contributed by atoms with van der Waals surface area (Å²) in [7, 11) is 0. The Morgan fingerprint density at radius 1 is 0.460 bits per heavy atom. The van der Waals surface area contributed by atoms with E-state index in [-0.39, 0.29) is 10.8 Å². The summed E-state index contributed by atoms with van der Waals surface area (Å²) in [6, 6.07) is 63.4. The first kappa shape index (κ1) is 37.4. The summed E-state index contributed by atoms with van der Waals surface area (Å²) >= 11 is 0. The van der Waals surface area contributed by atoms with E-state index in [1.165, 1.54) is 50.4 Å². The van der Waals surface area contributed by atoms with Gasteiger partial charge < -0.3 is 4.57 Å². The van der Waals surface area contributed by atoms with Crippen LogP contribution in [0.25, 0.3) is 99.9 Å². The summed E-state index contributed by atoms with van der Waals surface area (Å²) in [6.45, 7) is 12.1. The van der Waals surface area contributed by atoms with Crippen LogP contribution in [0.3, 0.4) is 0 Å². The maximum Gasteiger partial charge on any atom is 0.238 e. The molecule has 0 saturated heterocycles. The minimum Gasteiger partial charge on any atom is -0.309 e. The lowest BCUT2D eigenvalue weighted by Gasteiger charge is -2.46. The maximum absolute atomic E-state index is 5.33. The molecule has 1 aliphatic carbocycles. The Bertz CT molecular complexity index is 3600. The van der Waals surface area contributed by atoms with Gasteiger partial charge in [0.2, 0.25) is 5.95 Å². The van der Waals surface area contributed by atoms with Crippen molar-refractivity contribution in [3.05, 3.63) is 187 Å². The van der Waals surface area contributed by atoms with Crippen LogP contribution in [0.15, 0.2) is 176 Å². The average molecular weight is 814 g/mol. The molecule has 3 heterocycles. The van der Waals surface area contributed by atoms with Crippen LogP contribution in [0, 0.1) is 5.92 Å². The van der Waals surface area contributed by atoms with Crippen molar-refractivity contribution in [3.8, 4) is 45.5 Å². The third kappa shape index (κ3) is 5.72. The summed E-state index contributed by atoms with van der Waals surface area (Å²) < 4.78 is 4.66. The molecule has 0 N–H and O–H groups in total. The Hall–Kier alpha value is -7.37. The van der Waals surface area contributed by atoms with Crippen molar-refractivity contribution in [2.45, 2.75) is 51.9 Å². The Kier molecular flexibility index (Phi) is 8.20. The zero-order valence-corrected chi connectivity index (χ0v) is 36.3.